The highest BCUT2D eigenvalue weighted by Crippen LogP contribution is 2.05. The molecule has 0 radical (unpaired) electrons. The summed E-state index contributed by atoms with van der Waals surface area (Å²) in [6.45, 7) is 5.83. The Bertz CT molecular complexity index is 225. The van der Waals surface area contributed by atoms with Crippen molar-refractivity contribution in [2.24, 2.45) is 23.3 Å². The molecule has 2 unspecified atom stereocenters. The molecule has 0 saturated heterocycles. The molecular weight excluding hydrogens is 194 g/mol. The quantitative estimate of drug-likeness (QED) is 0.562. The Hall–Kier alpha value is -1.10. The van der Waals surface area contributed by atoms with E-state index in [-0.39, 0.29) is 24.3 Å². The summed E-state index contributed by atoms with van der Waals surface area (Å²) in [6.07, 6.45) is 0.659. The summed E-state index contributed by atoms with van der Waals surface area (Å²) in [6, 6.07) is -0.613. The van der Waals surface area contributed by atoms with Gasteiger partial charge in [0.15, 0.2) is 0 Å². The minimum absolute atomic E-state index is 0.0123. The second-order valence-corrected chi connectivity index (χ2v) is 3.97. The number of primary amides is 1. The lowest BCUT2D eigenvalue weighted by Gasteiger charge is -2.21. The molecule has 2 amide bonds. The van der Waals surface area contributed by atoms with Gasteiger partial charge in [-0.25, -0.2) is 0 Å². The molecule has 0 aliphatic carbocycles. The molecule has 0 rings (SSSR count). The van der Waals surface area contributed by atoms with E-state index in [1.165, 1.54) is 0 Å². The summed E-state index contributed by atoms with van der Waals surface area (Å²) in [4.78, 5) is 22.7. The fraction of sp³-hybridized carbons (Fsp3) is 0.800. The highest BCUT2D eigenvalue weighted by atomic mass is 16.2. The number of nitrogens with one attached hydrogen (secondary N) is 1. The first-order valence-corrected chi connectivity index (χ1v) is 5.23. The van der Waals surface area contributed by atoms with Crippen LogP contribution in [0, 0.1) is 11.8 Å². The Kier molecular flexibility index (Phi) is 5.93. The third-order valence-electron chi connectivity index (χ3n) is 2.42. The maximum atomic E-state index is 11.6. The van der Waals surface area contributed by atoms with Crippen molar-refractivity contribution in [3.8, 4) is 0 Å². The molecule has 88 valence electrons. The van der Waals surface area contributed by atoms with Crippen LogP contribution >= 0.6 is 0 Å². The van der Waals surface area contributed by atoms with Crippen LogP contribution in [0.4, 0.5) is 0 Å². The molecule has 0 aliphatic heterocycles. The van der Waals surface area contributed by atoms with E-state index in [1.807, 2.05) is 20.8 Å². The van der Waals surface area contributed by atoms with Gasteiger partial charge in [-0.1, -0.05) is 20.8 Å². The summed E-state index contributed by atoms with van der Waals surface area (Å²) in [5.41, 5.74) is 10.6. The molecule has 0 fully saturated rings. The second-order valence-electron chi connectivity index (χ2n) is 3.97. The van der Waals surface area contributed by atoms with Gasteiger partial charge in [0, 0.05) is 12.5 Å². The van der Waals surface area contributed by atoms with E-state index in [0.29, 0.717) is 6.42 Å². The van der Waals surface area contributed by atoms with E-state index >= 15 is 0 Å². The highest BCUT2D eigenvalue weighted by Gasteiger charge is 2.24. The Labute approximate surface area is 90.6 Å². The van der Waals surface area contributed by atoms with Gasteiger partial charge in [0.25, 0.3) is 0 Å². The number of rotatable bonds is 6. The first kappa shape index (κ1) is 13.9. The van der Waals surface area contributed by atoms with Crippen molar-refractivity contribution in [3.05, 3.63) is 0 Å². The molecule has 2 atom stereocenters. The zero-order valence-corrected chi connectivity index (χ0v) is 9.62. The monoisotopic (exact) mass is 215 g/mol. The summed E-state index contributed by atoms with van der Waals surface area (Å²) >= 11 is 0. The molecular formula is C10H21N3O2. The number of carbonyl (C=O) groups excluding carboxylic acids is 2. The third-order valence-corrected chi connectivity index (χ3v) is 2.42. The van der Waals surface area contributed by atoms with Crippen molar-refractivity contribution in [1.82, 2.24) is 5.32 Å². The molecule has 5 N–H and O–H groups in total. The van der Waals surface area contributed by atoms with Crippen molar-refractivity contribution >= 4 is 11.8 Å². The topological polar surface area (TPSA) is 98.2 Å². The van der Waals surface area contributed by atoms with Crippen molar-refractivity contribution in [3.63, 3.8) is 0 Å². The standard InChI is InChI=1S/C10H21N3O2/c1-4-7(5-11)10(15)13-8(6(2)3)9(12)14/h6-8H,4-5,11H2,1-3H3,(H2,12,14)(H,13,15). The van der Waals surface area contributed by atoms with Gasteiger partial charge >= 0.3 is 0 Å². The van der Waals surface area contributed by atoms with Gasteiger partial charge in [-0.15, -0.1) is 0 Å². The second kappa shape index (κ2) is 6.40. The maximum absolute atomic E-state index is 11.6. The number of hydrogen-bond donors (Lipinski definition) is 3. The van der Waals surface area contributed by atoms with Crippen molar-refractivity contribution in [2.45, 2.75) is 33.2 Å². The first-order chi connectivity index (χ1) is 6.93. The molecule has 0 spiro atoms. The molecule has 15 heavy (non-hydrogen) atoms. The molecule has 0 aromatic rings. The van der Waals surface area contributed by atoms with Gasteiger partial charge in [0.2, 0.25) is 11.8 Å². The third kappa shape index (κ3) is 4.29. The molecule has 0 aromatic carbocycles. The van der Waals surface area contributed by atoms with E-state index in [4.69, 9.17) is 11.5 Å². The van der Waals surface area contributed by atoms with Crippen LogP contribution < -0.4 is 16.8 Å². The fourth-order valence-corrected chi connectivity index (χ4v) is 1.30. The summed E-state index contributed by atoms with van der Waals surface area (Å²) < 4.78 is 0. The summed E-state index contributed by atoms with van der Waals surface area (Å²) in [5, 5.41) is 2.62. The van der Waals surface area contributed by atoms with E-state index < -0.39 is 11.9 Å². The number of amides is 2. The zero-order valence-electron chi connectivity index (χ0n) is 9.62. The Balaban J connectivity index is 4.41. The van der Waals surface area contributed by atoms with Crippen LogP contribution in [-0.2, 0) is 9.59 Å². The van der Waals surface area contributed by atoms with Gasteiger partial charge in [0.1, 0.15) is 6.04 Å². The lowest BCUT2D eigenvalue weighted by molar-refractivity contribution is -0.130. The van der Waals surface area contributed by atoms with E-state index in [9.17, 15) is 9.59 Å². The van der Waals surface area contributed by atoms with Crippen LogP contribution in [0.5, 0.6) is 0 Å². The van der Waals surface area contributed by atoms with Crippen LogP contribution in [0.1, 0.15) is 27.2 Å². The molecule has 5 nitrogen and oxygen atoms in total. The largest absolute Gasteiger partial charge is 0.368 e. The van der Waals surface area contributed by atoms with Crippen LogP contribution in [0.2, 0.25) is 0 Å². The van der Waals surface area contributed by atoms with E-state index in [0.717, 1.165) is 0 Å². The number of nitrogens with two attached hydrogens (primary N) is 2. The normalized spacial score (nSPS) is 14.7. The van der Waals surface area contributed by atoms with Crippen molar-refractivity contribution < 1.29 is 9.59 Å². The Morgan fingerprint density at radius 2 is 1.87 bits per heavy atom. The zero-order chi connectivity index (χ0) is 12.0. The van der Waals surface area contributed by atoms with Crippen LogP contribution in [0.15, 0.2) is 0 Å². The summed E-state index contributed by atoms with van der Waals surface area (Å²) in [5.74, 6) is -0.963. The van der Waals surface area contributed by atoms with Crippen molar-refractivity contribution in [1.29, 1.82) is 0 Å². The minimum Gasteiger partial charge on any atom is -0.368 e. The molecule has 0 saturated carbocycles. The number of carbonyl (C=O) groups is 2. The lowest BCUT2D eigenvalue weighted by Crippen LogP contribution is -2.50. The van der Waals surface area contributed by atoms with E-state index in [2.05, 4.69) is 5.32 Å². The fourth-order valence-electron chi connectivity index (χ4n) is 1.30. The van der Waals surface area contributed by atoms with Crippen LogP contribution in [0.25, 0.3) is 0 Å². The lowest BCUT2D eigenvalue weighted by atomic mass is 10.0. The first-order valence-electron chi connectivity index (χ1n) is 5.23. The minimum atomic E-state index is -0.613. The SMILES string of the molecule is CCC(CN)C(=O)NC(C(N)=O)C(C)C. The van der Waals surface area contributed by atoms with E-state index in [1.54, 1.807) is 0 Å². The summed E-state index contributed by atoms with van der Waals surface area (Å²) in [7, 11) is 0. The molecule has 0 aromatic heterocycles. The van der Waals surface area contributed by atoms with Gasteiger partial charge in [0.05, 0.1) is 0 Å². The van der Waals surface area contributed by atoms with Gasteiger partial charge in [-0.05, 0) is 12.3 Å². The van der Waals surface area contributed by atoms with Crippen LogP contribution in [0.3, 0.4) is 0 Å². The molecule has 0 heterocycles. The average Bonchev–Trinajstić information content (AvgIpc) is 2.15. The smallest absolute Gasteiger partial charge is 0.240 e. The molecule has 0 bridgehead atoms. The Morgan fingerprint density at radius 1 is 1.33 bits per heavy atom. The molecule has 5 heteroatoms. The van der Waals surface area contributed by atoms with Gasteiger partial charge in [-0.2, -0.15) is 0 Å². The Morgan fingerprint density at radius 3 is 2.13 bits per heavy atom. The maximum Gasteiger partial charge on any atom is 0.240 e. The highest BCUT2D eigenvalue weighted by molar-refractivity contribution is 5.87. The molecule has 0 aliphatic rings. The van der Waals surface area contributed by atoms with Gasteiger partial charge in [-0.3, -0.25) is 9.59 Å². The predicted octanol–water partition coefficient (Wildman–Crippen LogP) is -0.403. The number of hydrogen-bond acceptors (Lipinski definition) is 3. The average molecular weight is 215 g/mol. The van der Waals surface area contributed by atoms with Crippen LogP contribution in [-0.4, -0.2) is 24.4 Å². The van der Waals surface area contributed by atoms with Crippen molar-refractivity contribution in [2.75, 3.05) is 6.54 Å². The predicted molar refractivity (Wildman–Crippen MR) is 58.8 cm³/mol. The van der Waals surface area contributed by atoms with Gasteiger partial charge < -0.3 is 16.8 Å².